The molecule has 4 rings (SSSR count). The van der Waals surface area contributed by atoms with Crippen molar-refractivity contribution in [2.24, 2.45) is 11.8 Å². The van der Waals surface area contributed by atoms with Crippen LogP contribution in [-0.4, -0.2) is 44.8 Å². The standard InChI is InChI=1S/C21H24O7/c1-24-17-7-11(4-5-15(17)22)19-13-9-28-20(14(13)10-27-19)12-6-16(23)21(26-3)18(8-12)25-2/h4-8,13-14,19-20,22-23H,9-10H2,1-3H3. The number of phenols is 2. The fraction of sp³-hybridized carbons (Fsp3) is 0.429. The van der Waals surface area contributed by atoms with Crippen molar-refractivity contribution in [1.29, 1.82) is 0 Å². The molecule has 0 radical (unpaired) electrons. The Morgan fingerprint density at radius 1 is 0.750 bits per heavy atom. The lowest BCUT2D eigenvalue weighted by molar-refractivity contribution is 0.0191. The molecule has 0 bridgehead atoms. The molecular formula is C21H24O7. The van der Waals surface area contributed by atoms with Gasteiger partial charge in [0.1, 0.15) is 0 Å². The number of rotatable bonds is 5. The van der Waals surface area contributed by atoms with E-state index in [-0.39, 0.29) is 35.5 Å². The highest BCUT2D eigenvalue weighted by Gasteiger charge is 2.48. The van der Waals surface area contributed by atoms with Gasteiger partial charge in [0.25, 0.3) is 0 Å². The van der Waals surface area contributed by atoms with E-state index in [2.05, 4.69) is 0 Å². The normalized spacial score (nSPS) is 26.1. The van der Waals surface area contributed by atoms with Crippen LogP contribution in [0.4, 0.5) is 0 Å². The second-order valence-electron chi connectivity index (χ2n) is 7.04. The van der Waals surface area contributed by atoms with Crippen molar-refractivity contribution in [3.63, 3.8) is 0 Å². The number of hydrogen-bond donors (Lipinski definition) is 2. The molecule has 0 amide bonds. The van der Waals surface area contributed by atoms with E-state index >= 15 is 0 Å². The summed E-state index contributed by atoms with van der Waals surface area (Å²) in [5.74, 6) is 1.60. The summed E-state index contributed by atoms with van der Waals surface area (Å²) in [7, 11) is 4.54. The number of fused-ring (bicyclic) bond motifs is 1. The van der Waals surface area contributed by atoms with Crippen molar-refractivity contribution in [2.45, 2.75) is 12.2 Å². The van der Waals surface area contributed by atoms with Gasteiger partial charge >= 0.3 is 0 Å². The van der Waals surface area contributed by atoms with Gasteiger partial charge in [-0.05, 0) is 35.4 Å². The van der Waals surface area contributed by atoms with Crippen molar-refractivity contribution in [3.05, 3.63) is 41.5 Å². The van der Waals surface area contributed by atoms with Crippen LogP contribution in [0.3, 0.4) is 0 Å². The van der Waals surface area contributed by atoms with Gasteiger partial charge in [0, 0.05) is 11.8 Å². The van der Waals surface area contributed by atoms with Crippen LogP contribution in [0.5, 0.6) is 28.7 Å². The molecule has 28 heavy (non-hydrogen) atoms. The molecule has 0 saturated carbocycles. The first-order valence-electron chi connectivity index (χ1n) is 9.12. The van der Waals surface area contributed by atoms with Gasteiger partial charge in [0.15, 0.2) is 23.0 Å². The van der Waals surface area contributed by atoms with E-state index < -0.39 is 0 Å². The van der Waals surface area contributed by atoms with Crippen LogP contribution in [0.2, 0.25) is 0 Å². The number of benzene rings is 2. The lowest BCUT2D eigenvalue weighted by Gasteiger charge is -2.19. The van der Waals surface area contributed by atoms with E-state index in [1.165, 1.54) is 21.3 Å². The molecule has 2 aliphatic rings. The Hall–Kier alpha value is -2.64. The molecule has 0 spiro atoms. The number of hydrogen-bond acceptors (Lipinski definition) is 7. The number of aromatic hydroxyl groups is 2. The van der Waals surface area contributed by atoms with Crippen LogP contribution in [0.1, 0.15) is 23.3 Å². The fourth-order valence-corrected chi connectivity index (χ4v) is 4.24. The summed E-state index contributed by atoms with van der Waals surface area (Å²) < 4.78 is 28.0. The largest absolute Gasteiger partial charge is 0.504 e. The molecule has 2 saturated heterocycles. The van der Waals surface area contributed by atoms with Crippen LogP contribution in [0.25, 0.3) is 0 Å². The van der Waals surface area contributed by atoms with Gasteiger partial charge in [-0.1, -0.05) is 6.07 Å². The van der Waals surface area contributed by atoms with Gasteiger partial charge in [-0.15, -0.1) is 0 Å². The van der Waals surface area contributed by atoms with Crippen LogP contribution in [0, 0.1) is 11.8 Å². The molecule has 4 unspecified atom stereocenters. The molecule has 2 aromatic carbocycles. The third kappa shape index (κ3) is 3.00. The summed E-state index contributed by atoms with van der Waals surface area (Å²) in [6.45, 7) is 1.08. The molecule has 7 heteroatoms. The Bertz CT molecular complexity index is 866. The van der Waals surface area contributed by atoms with Gasteiger partial charge in [-0.25, -0.2) is 0 Å². The summed E-state index contributed by atoms with van der Waals surface area (Å²) in [4.78, 5) is 0. The second kappa shape index (κ2) is 7.41. The fourth-order valence-electron chi connectivity index (χ4n) is 4.24. The monoisotopic (exact) mass is 388 g/mol. The van der Waals surface area contributed by atoms with Crippen LogP contribution in [0.15, 0.2) is 30.3 Å². The Balaban J connectivity index is 1.60. The van der Waals surface area contributed by atoms with Gasteiger partial charge in [-0.3, -0.25) is 0 Å². The molecule has 2 heterocycles. The predicted octanol–water partition coefficient (Wildman–Crippen LogP) is 3.20. The number of phenolic OH excluding ortho intramolecular Hbond substituents is 2. The molecule has 0 aliphatic carbocycles. The highest BCUT2D eigenvalue weighted by atomic mass is 16.5. The van der Waals surface area contributed by atoms with E-state index in [0.29, 0.717) is 30.5 Å². The molecule has 0 aromatic heterocycles. The maximum absolute atomic E-state index is 10.3. The molecule has 2 N–H and O–H groups in total. The third-order valence-electron chi connectivity index (χ3n) is 5.61. The first-order chi connectivity index (χ1) is 13.6. The summed E-state index contributed by atoms with van der Waals surface area (Å²) in [5, 5.41) is 20.1. The van der Waals surface area contributed by atoms with Crippen molar-refractivity contribution in [2.75, 3.05) is 34.5 Å². The molecule has 7 nitrogen and oxygen atoms in total. The Morgan fingerprint density at radius 3 is 1.96 bits per heavy atom. The SMILES string of the molecule is COc1cc(C2OCC3C(c4cc(O)c(OC)c(OC)c4)OCC23)ccc1O. The zero-order valence-corrected chi connectivity index (χ0v) is 16.0. The van der Waals surface area contributed by atoms with E-state index in [1.54, 1.807) is 18.2 Å². The Morgan fingerprint density at radius 2 is 1.36 bits per heavy atom. The average Bonchev–Trinajstić information content (AvgIpc) is 3.30. The lowest BCUT2D eigenvalue weighted by Crippen LogP contribution is -2.14. The van der Waals surface area contributed by atoms with E-state index in [9.17, 15) is 10.2 Å². The predicted molar refractivity (Wildman–Crippen MR) is 100 cm³/mol. The highest BCUT2D eigenvalue weighted by molar-refractivity contribution is 5.53. The van der Waals surface area contributed by atoms with Gasteiger partial charge in [-0.2, -0.15) is 0 Å². The van der Waals surface area contributed by atoms with Crippen molar-refractivity contribution in [3.8, 4) is 28.7 Å². The van der Waals surface area contributed by atoms with E-state index in [0.717, 1.165) is 11.1 Å². The smallest absolute Gasteiger partial charge is 0.203 e. The second-order valence-corrected chi connectivity index (χ2v) is 7.04. The molecule has 2 fully saturated rings. The molecule has 2 aliphatic heterocycles. The van der Waals surface area contributed by atoms with E-state index in [4.69, 9.17) is 23.7 Å². The summed E-state index contributed by atoms with van der Waals surface area (Å²) in [6.07, 6.45) is -0.349. The molecular weight excluding hydrogens is 364 g/mol. The maximum Gasteiger partial charge on any atom is 0.203 e. The minimum atomic E-state index is -0.209. The zero-order valence-electron chi connectivity index (χ0n) is 16.0. The Labute approximate surface area is 163 Å². The quantitative estimate of drug-likeness (QED) is 0.813. The summed E-state index contributed by atoms with van der Waals surface area (Å²) >= 11 is 0. The number of ether oxygens (including phenoxy) is 5. The van der Waals surface area contributed by atoms with Crippen molar-refractivity contribution < 1.29 is 33.9 Å². The topological polar surface area (TPSA) is 86.6 Å². The zero-order chi connectivity index (χ0) is 19.8. The maximum atomic E-state index is 10.3. The molecule has 150 valence electrons. The minimum Gasteiger partial charge on any atom is -0.504 e. The summed E-state index contributed by atoms with van der Waals surface area (Å²) in [5.41, 5.74) is 1.77. The Kier molecular flexibility index (Phi) is 4.95. The summed E-state index contributed by atoms with van der Waals surface area (Å²) in [6, 6.07) is 8.76. The van der Waals surface area contributed by atoms with Gasteiger partial charge in [0.2, 0.25) is 5.75 Å². The molecule has 4 atom stereocenters. The first kappa shape index (κ1) is 18.7. The third-order valence-corrected chi connectivity index (χ3v) is 5.61. The lowest BCUT2D eigenvalue weighted by atomic mass is 9.85. The number of methoxy groups -OCH3 is 3. The van der Waals surface area contributed by atoms with Gasteiger partial charge in [0.05, 0.1) is 46.8 Å². The van der Waals surface area contributed by atoms with Gasteiger partial charge < -0.3 is 33.9 Å². The minimum absolute atomic E-state index is 0.0163. The van der Waals surface area contributed by atoms with Crippen LogP contribution in [-0.2, 0) is 9.47 Å². The van der Waals surface area contributed by atoms with Crippen molar-refractivity contribution >= 4 is 0 Å². The van der Waals surface area contributed by atoms with Crippen LogP contribution < -0.4 is 14.2 Å². The highest BCUT2D eigenvalue weighted by Crippen LogP contribution is 2.52. The molecule has 2 aromatic rings. The van der Waals surface area contributed by atoms with Crippen molar-refractivity contribution in [1.82, 2.24) is 0 Å². The first-order valence-corrected chi connectivity index (χ1v) is 9.12. The van der Waals surface area contributed by atoms with E-state index in [1.807, 2.05) is 12.1 Å². The average molecular weight is 388 g/mol. The van der Waals surface area contributed by atoms with Crippen LogP contribution >= 0.6 is 0 Å².